The molecule has 1 aliphatic heterocycles. The lowest BCUT2D eigenvalue weighted by Crippen LogP contribution is -2.58. The van der Waals surface area contributed by atoms with Gasteiger partial charge in [0.2, 0.25) is 0 Å². The van der Waals surface area contributed by atoms with Crippen LogP contribution in [0.15, 0.2) is 0 Å². The summed E-state index contributed by atoms with van der Waals surface area (Å²) in [6.07, 6.45) is 6.58. The first-order chi connectivity index (χ1) is 8.23. The average molecular weight is 240 g/mol. The molecule has 0 amide bonds. The Balaban J connectivity index is 1.94. The number of piperidine rings is 1. The molecular formula is C14H28N2O. The fraction of sp³-hybridized carbons (Fsp3) is 1.00. The lowest BCUT2D eigenvalue weighted by molar-refractivity contribution is 0.0160. The van der Waals surface area contributed by atoms with Gasteiger partial charge >= 0.3 is 0 Å². The van der Waals surface area contributed by atoms with Gasteiger partial charge in [0.15, 0.2) is 0 Å². The van der Waals surface area contributed by atoms with Crippen molar-refractivity contribution in [2.24, 2.45) is 17.6 Å². The SMILES string of the molecule is COCC1CCN(C2(CN)CCCC2C)CC1. The second-order valence-electron chi connectivity index (χ2n) is 5.99. The van der Waals surface area contributed by atoms with Gasteiger partial charge in [-0.2, -0.15) is 0 Å². The molecule has 2 fully saturated rings. The van der Waals surface area contributed by atoms with Gasteiger partial charge in [-0.25, -0.2) is 0 Å². The molecule has 0 aromatic carbocycles. The number of hydrogen-bond donors (Lipinski definition) is 1. The Morgan fingerprint density at radius 3 is 2.47 bits per heavy atom. The zero-order valence-electron chi connectivity index (χ0n) is 11.5. The number of hydrogen-bond acceptors (Lipinski definition) is 3. The highest BCUT2D eigenvalue weighted by molar-refractivity contribution is 5.01. The van der Waals surface area contributed by atoms with E-state index in [0.717, 1.165) is 25.0 Å². The summed E-state index contributed by atoms with van der Waals surface area (Å²) >= 11 is 0. The van der Waals surface area contributed by atoms with Crippen LogP contribution in [-0.4, -0.2) is 43.8 Å². The third kappa shape index (κ3) is 2.51. The van der Waals surface area contributed by atoms with Crippen LogP contribution in [0.3, 0.4) is 0 Å². The third-order valence-electron chi connectivity index (χ3n) is 5.16. The predicted octanol–water partition coefficient (Wildman–Crippen LogP) is 1.86. The number of likely N-dealkylation sites (tertiary alicyclic amines) is 1. The Hall–Kier alpha value is -0.120. The highest BCUT2D eigenvalue weighted by Crippen LogP contribution is 2.41. The molecule has 1 saturated carbocycles. The Bertz CT molecular complexity index is 238. The topological polar surface area (TPSA) is 38.5 Å². The summed E-state index contributed by atoms with van der Waals surface area (Å²) in [5.41, 5.74) is 6.43. The molecule has 0 aromatic rings. The van der Waals surface area contributed by atoms with Crippen molar-refractivity contribution < 1.29 is 4.74 Å². The van der Waals surface area contributed by atoms with E-state index in [1.807, 2.05) is 7.11 Å². The van der Waals surface area contributed by atoms with Gasteiger partial charge in [0.25, 0.3) is 0 Å². The van der Waals surface area contributed by atoms with Crippen molar-refractivity contribution in [2.75, 3.05) is 33.4 Å². The van der Waals surface area contributed by atoms with E-state index >= 15 is 0 Å². The average Bonchev–Trinajstić information content (AvgIpc) is 2.73. The van der Waals surface area contributed by atoms with Crippen LogP contribution in [0.2, 0.25) is 0 Å². The largest absolute Gasteiger partial charge is 0.384 e. The number of methoxy groups -OCH3 is 1. The molecule has 3 nitrogen and oxygen atoms in total. The van der Waals surface area contributed by atoms with Gasteiger partial charge in [-0.1, -0.05) is 13.3 Å². The van der Waals surface area contributed by atoms with E-state index in [9.17, 15) is 0 Å². The molecule has 2 aliphatic rings. The highest BCUT2D eigenvalue weighted by atomic mass is 16.5. The molecule has 0 aromatic heterocycles. The minimum atomic E-state index is 0.318. The molecule has 17 heavy (non-hydrogen) atoms. The molecule has 100 valence electrons. The van der Waals surface area contributed by atoms with Crippen molar-refractivity contribution in [2.45, 2.75) is 44.6 Å². The van der Waals surface area contributed by atoms with Gasteiger partial charge in [0, 0.05) is 25.8 Å². The molecule has 2 rings (SSSR count). The van der Waals surface area contributed by atoms with Crippen LogP contribution in [-0.2, 0) is 4.74 Å². The van der Waals surface area contributed by atoms with E-state index in [0.29, 0.717) is 5.54 Å². The van der Waals surface area contributed by atoms with Gasteiger partial charge < -0.3 is 10.5 Å². The maximum Gasteiger partial charge on any atom is 0.0491 e. The van der Waals surface area contributed by atoms with Crippen molar-refractivity contribution in [3.63, 3.8) is 0 Å². The van der Waals surface area contributed by atoms with Crippen LogP contribution in [0.1, 0.15) is 39.0 Å². The molecule has 0 radical (unpaired) electrons. The van der Waals surface area contributed by atoms with Crippen LogP contribution in [0.25, 0.3) is 0 Å². The fourth-order valence-corrected chi connectivity index (χ4v) is 3.91. The molecule has 1 aliphatic carbocycles. The molecule has 3 heteroatoms. The van der Waals surface area contributed by atoms with Crippen LogP contribution in [0, 0.1) is 11.8 Å². The first-order valence-corrected chi connectivity index (χ1v) is 7.17. The van der Waals surface area contributed by atoms with Crippen LogP contribution in [0.4, 0.5) is 0 Å². The number of rotatable bonds is 4. The summed E-state index contributed by atoms with van der Waals surface area (Å²) in [5.74, 6) is 1.54. The highest BCUT2D eigenvalue weighted by Gasteiger charge is 2.44. The molecular weight excluding hydrogens is 212 g/mol. The summed E-state index contributed by atoms with van der Waals surface area (Å²) in [7, 11) is 1.81. The van der Waals surface area contributed by atoms with Crippen molar-refractivity contribution in [3.8, 4) is 0 Å². The summed E-state index contributed by atoms with van der Waals surface area (Å²) in [6.45, 7) is 6.59. The quantitative estimate of drug-likeness (QED) is 0.815. The summed E-state index contributed by atoms with van der Waals surface area (Å²) in [4.78, 5) is 2.69. The number of nitrogens with two attached hydrogens (primary N) is 1. The van der Waals surface area contributed by atoms with Crippen molar-refractivity contribution >= 4 is 0 Å². The van der Waals surface area contributed by atoms with Crippen LogP contribution in [0.5, 0.6) is 0 Å². The standard InChI is InChI=1S/C14H28N2O/c1-12-4-3-7-14(12,11-15)16-8-5-13(6-9-16)10-17-2/h12-13H,3-11,15H2,1-2H3. The van der Waals surface area contributed by atoms with Gasteiger partial charge in [-0.3, -0.25) is 4.90 Å². The van der Waals surface area contributed by atoms with E-state index in [1.165, 1.54) is 45.2 Å². The van der Waals surface area contributed by atoms with Gasteiger partial charge in [0.05, 0.1) is 0 Å². The first kappa shape index (κ1) is 13.3. The molecule has 1 saturated heterocycles. The van der Waals surface area contributed by atoms with Crippen LogP contribution < -0.4 is 5.73 Å². The van der Waals surface area contributed by atoms with E-state index in [1.54, 1.807) is 0 Å². The van der Waals surface area contributed by atoms with E-state index in [2.05, 4.69) is 11.8 Å². The normalized spacial score (nSPS) is 36.5. The van der Waals surface area contributed by atoms with Crippen LogP contribution >= 0.6 is 0 Å². The van der Waals surface area contributed by atoms with Gasteiger partial charge in [-0.15, -0.1) is 0 Å². The van der Waals surface area contributed by atoms with Gasteiger partial charge in [-0.05, 0) is 50.6 Å². The Morgan fingerprint density at radius 2 is 2.00 bits per heavy atom. The molecule has 0 bridgehead atoms. The molecule has 1 heterocycles. The van der Waals surface area contributed by atoms with Gasteiger partial charge in [0.1, 0.15) is 0 Å². The maximum absolute atomic E-state index is 6.12. The zero-order chi connectivity index (χ0) is 12.3. The Labute approximate surface area is 106 Å². The summed E-state index contributed by atoms with van der Waals surface area (Å²) in [5, 5.41) is 0. The Kier molecular flexibility index (Phi) is 4.45. The summed E-state index contributed by atoms with van der Waals surface area (Å²) in [6, 6.07) is 0. The molecule has 2 atom stereocenters. The number of ether oxygens (including phenoxy) is 1. The van der Waals surface area contributed by atoms with E-state index in [-0.39, 0.29) is 0 Å². The lowest BCUT2D eigenvalue weighted by Gasteiger charge is -2.47. The maximum atomic E-state index is 6.12. The summed E-state index contributed by atoms with van der Waals surface area (Å²) < 4.78 is 5.27. The smallest absolute Gasteiger partial charge is 0.0491 e. The minimum Gasteiger partial charge on any atom is -0.384 e. The van der Waals surface area contributed by atoms with E-state index < -0.39 is 0 Å². The molecule has 0 spiro atoms. The third-order valence-corrected chi connectivity index (χ3v) is 5.16. The second kappa shape index (κ2) is 5.68. The zero-order valence-corrected chi connectivity index (χ0v) is 11.5. The van der Waals surface area contributed by atoms with E-state index in [4.69, 9.17) is 10.5 Å². The molecule has 2 unspecified atom stereocenters. The fourth-order valence-electron chi connectivity index (χ4n) is 3.91. The first-order valence-electron chi connectivity index (χ1n) is 7.17. The predicted molar refractivity (Wildman–Crippen MR) is 71.0 cm³/mol. The minimum absolute atomic E-state index is 0.318. The lowest BCUT2D eigenvalue weighted by atomic mass is 9.83. The van der Waals surface area contributed by atoms with Crippen molar-refractivity contribution in [1.29, 1.82) is 0 Å². The second-order valence-corrected chi connectivity index (χ2v) is 5.99. The monoisotopic (exact) mass is 240 g/mol. The number of nitrogens with zero attached hydrogens (tertiary/aromatic N) is 1. The molecule has 2 N–H and O–H groups in total. The van der Waals surface area contributed by atoms with Crippen molar-refractivity contribution in [1.82, 2.24) is 4.90 Å². The van der Waals surface area contributed by atoms with Crippen molar-refractivity contribution in [3.05, 3.63) is 0 Å². The Morgan fingerprint density at radius 1 is 1.29 bits per heavy atom.